The number of anilines is 1. The molecule has 26 heavy (non-hydrogen) atoms. The fourth-order valence-electron chi connectivity index (χ4n) is 2.41. The Morgan fingerprint density at radius 1 is 1.38 bits per heavy atom. The third-order valence-corrected chi connectivity index (χ3v) is 5.21. The first-order valence-corrected chi connectivity index (χ1v) is 10.8. The molecule has 5 unspecified atom stereocenters. The number of fused-ring (bicyclic) bond motifs is 1. The summed E-state index contributed by atoms with van der Waals surface area (Å²) in [7, 11) is -4.43. The monoisotopic (exact) mass is 504 g/mol. The third-order valence-electron chi connectivity index (χ3n) is 3.59. The van der Waals surface area contributed by atoms with E-state index in [0.29, 0.717) is 11.2 Å². The minimum atomic E-state index is -4.43. The summed E-state index contributed by atoms with van der Waals surface area (Å²) in [5, 5.41) is 20.4. The van der Waals surface area contributed by atoms with Crippen LogP contribution in [0.2, 0.25) is 0 Å². The first kappa shape index (κ1) is 19.7. The van der Waals surface area contributed by atoms with E-state index in [0.717, 1.165) is 0 Å². The second-order valence-electron chi connectivity index (χ2n) is 5.17. The Balaban J connectivity index is 1.73. The van der Waals surface area contributed by atoms with Crippen LogP contribution in [-0.2, 0) is 18.5 Å². The second kappa shape index (κ2) is 7.93. The van der Waals surface area contributed by atoms with Gasteiger partial charge in [-0.3, -0.25) is 0 Å². The number of phosphoric ester groups is 1. The van der Waals surface area contributed by atoms with E-state index in [1.165, 1.54) is 17.2 Å². The van der Waals surface area contributed by atoms with E-state index in [1.54, 1.807) is 0 Å². The van der Waals surface area contributed by atoms with Gasteiger partial charge in [-0.15, -0.1) is 0 Å². The molecule has 2 aromatic rings. The van der Waals surface area contributed by atoms with Gasteiger partial charge in [0.15, 0.2) is 0 Å². The zero-order valence-electron chi connectivity index (χ0n) is 12.9. The van der Waals surface area contributed by atoms with Crippen LogP contribution < -0.4 is 35.1 Å². The van der Waals surface area contributed by atoms with Gasteiger partial charge in [0.05, 0.1) is 0 Å². The number of nitrogens with zero attached hydrogens (tertiary/aromatic N) is 4. The summed E-state index contributed by atoms with van der Waals surface area (Å²) in [4.78, 5) is 21.3. The van der Waals surface area contributed by atoms with Crippen LogP contribution in [0.4, 0.5) is 5.82 Å². The molecule has 14 nitrogen and oxygen atoms in total. The molecule has 0 aromatic carbocycles. The number of nitrogens with two attached hydrogens (primary N) is 2. The first-order chi connectivity index (χ1) is 12.3. The van der Waals surface area contributed by atoms with Crippen LogP contribution >= 0.6 is 7.82 Å². The number of imidazole rings is 1. The SMILES string of the molecule is N[I-]NOP(=O)(O)OCC1OC(n2cnc3c(N)ncnc32)C(O)C1O. The molecule has 146 valence electrons. The molecular weight excluding hydrogens is 488 g/mol. The molecular formula is C10H16IN7O7P-. The summed E-state index contributed by atoms with van der Waals surface area (Å²) in [5.41, 5.74) is 6.31. The number of aliphatic hydroxyl groups is 2. The summed E-state index contributed by atoms with van der Waals surface area (Å²) >= 11 is -1.09. The van der Waals surface area contributed by atoms with Gasteiger partial charge in [-0.05, 0) is 0 Å². The molecule has 8 N–H and O–H groups in total. The van der Waals surface area contributed by atoms with Gasteiger partial charge in [-0.2, -0.15) is 0 Å². The topological polar surface area (TPSA) is 213 Å². The van der Waals surface area contributed by atoms with Crippen molar-refractivity contribution in [1.29, 1.82) is 0 Å². The van der Waals surface area contributed by atoms with Crippen LogP contribution in [-0.4, -0.2) is 59.5 Å². The molecule has 1 aliphatic heterocycles. The Hall–Kier alpha value is -1.01. The van der Waals surface area contributed by atoms with Crippen LogP contribution in [0.25, 0.3) is 11.2 Å². The van der Waals surface area contributed by atoms with Crippen molar-refractivity contribution < 1.29 is 55.3 Å². The molecule has 1 saturated heterocycles. The van der Waals surface area contributed by atoms with Gasteiger partial charge in [0.2, 0.25) is 0 Å². The van der Waals surface area contributed by atoms with Crippen LogP contribution in [0.3, 0.4) is 0 Å². The predicted octanol–water partition coefficient (Wildman–Crippen LogP) is -5.46. The third kappa shape index (κ3) is 3.96. The number of aromatic nitrogens is 4. The summed E-state index contributed by atoms with van der Waals surface area (Å²) in [6, 6.07) is 0. The summed E-state index contributed by atoms with van der Waals surface area (Å²) in [5.74, 6) is 0.148. The maximum absolute atomic E-state index is 11.6. The summed E-state index contributed by atoms with van der Waals surface area (Å²) in [6.45, 7) is -0.517. The van der Waals surface area contributed by atoms with Gasteiger partial charge >= 0.3 is 146 Å². The fraction of sp³-hybridized carbons (Fsp3) is 0.500. The van der Waals surface area contributed by atoms with Gasteiger partial charge in [-0.1, -0.05) is 0 Å². The van der Waals surface area contributed by atoms with Crippen LogP contribution in [0, 0.1) is 0 Å². The Morgan fingerprint density at radius 2 is 2.15 bits per heavy atom. The molecule has 3 rings (SSSR count). The summed E-state index contributed by atoms with van der Waals surface area (Å²) < 4.78 is 34.9. The molecule has 0 bridgehead atoms. The average molecular weight is 504 g/mol. The number of halogens is 1. The quantitative estimate of drug-likeness (QED) is 0.0900. The predicted molar refractivity (Wildman–Crippen MR) is 79.8 cm³/mol. The van der Waals surface area contributed by atoms with E-state index in [2.05, 4.69) is 23.3 Å². The van der Waals surface area contributed by atoms with Gasteiger partial charge in [0.25, 0.3) is 0 Å². The molecule has 0 amide bonds. The molecule has 1 aliphatic rings. The molecule has 3 heterocycles. The Bertz CT molecular complexity index is 824. The van der Waals surface area contributed by atoms with Crippen molar-refractivity contribution >= 4 is 24.8 Å². The normalized spacial score (nSPS) is 28.6. The Kier molecular flexibility index (Phi) is 6.02. The van der Waals surface area contributed by atoms with Crippen molar-refractivity contribution in [2.45, 2.75) is 24.5 Å². The number of nitrogen functional groups attached to an aromatic ring is 1. The summed E-state index contributed by atoms with van der Waals surface area (Å²) in [6.07, 6.45) is -2.39. The number of hydrogen-bond acceptors (Lipinski definition) is 12. The number of phosphoric acid groups is 1. The van der Waals surface area contributed by atoms with Gasteiger partial charge in [0, 0.05) is 0 Å². The number of hydrogen-bond donors (Lipinski definition) is 6. The van der Waals surface area contributed by atoms with E-state index in [1.807, 2.05) is 0 Å². The van der Waals surface area contributed by atoms with Gasteiger partial charge in [0.1, 0.15) is 0 Å². The average Bonchev–Trinajstić information content (AvgIpc) is 3.15. The minimum absolute atomic E-state index is 0.148. The maximum atomic E-state index is 11.6. The number of ether oxygens (including phenoxy) is 1. The molecule has 0 saturated carbocycles. The number of rotatable bonds is 7. The fourth-order valence-corrected chi connectivity index (χ4v) is 4.01. The van der Waals surface area contributed by atoms with E-state index in [4.69, 9.17) is 18.9 Å². The first-order valence-electron chi connectivity index (χ1n) is 7.02. The van der Waals surface area contributed by atoms with Gasteiger partial charge < -0.3 is 5.73 Å². The molecule has 0 radical (unpaired) electrons. The standard InChI is InChI=1S/C10H16IN7O7P/c12-8-5-9(15-2-14-8)18(3-16-5)10-7(20)6(19)4(24-10)1-23-26(21,22)25-17-11-13/h2-4,6-7,10,17,19-20H,1,13H2,(H,21,22)(H2,12,14,15)/q-1. The van der Waals surface area contributed by atoms with E-state index < -0.39 is 60.7 Å². The van der Waals surface area contributed by atoms with Crippen molar-refractivity contribution in [2.75, 3.05) is 12.3 Å². The molecule has 16 heteroatoms. The molecule has 0 spiro atoms. The van der Waals surface area contributed by atoms with E-state index >= 15 is 0 Å². The second-order valence-corrected chi connectivity index (χ2v) is 7.61. The van der Waals surface area contributed by atoms with Crippen LogP contribution in [0.1, 0.15) is 6.23 Å². The van der Waals surface area contributed by atoms with E-state index in [9.17, 15) is 19.7 Å². The van der Waals surface area contributed by atoms with Crippen molar-refractivity contribution in [1.82, 2.24) is 23.2 Å². The van der Waals surface area contributed by atoms with Crippen molar-refractivity contribution in [3.8, 4) is 0 Å². The number of aliphatic hydroxyl groups excluding tert-OH is 2. The van der Waals surface area contributed by atoms with Crippen LogP contribution in [0.5, 0.6) is 0 Å². The van der Waals surface area contributed by atoms with Crippen molar-refractivity contribution in [3.63, 3.8) is 0 Å². The number of nitrogens with one attached hydrogen (secondary N) is 1. The van der Waals surface area contributed by atoms with E-state index in [-0.39, 0.29) is 5.82 Å². The van der Waals surface area contributed by atoms with Gasteiger partial charge in [-0.25, -0.2) is 4.98 Å². The molecule has 2 aromatic heterocycles. The molecule has 5 atom stereocenters. The Morgan fingerprint density at radius 3 is 2.88 bits per heavy atom. The molecule has 1 fully saturated rings. The van der Waals surface area contributed by atoms with Crippen molar-refractivity contribution in [3.05, 3.63) is 12.7 Å². The molecule has 0 aliphatic carbocycles. The zero-order valence-corrected chi connectivity index (χ0v) is 16.0. The Labute approximate surface area is 157 Å². The van der Waals surface area contributed by atoms with Crippen molar-refractivity contribution in [2.24, 2.45) is 3.95 Å². The zero-order chi connectivity index (χ0) is 18.9. The van der Waals surface area contributed by atoms with Crippen LogP contribution in [0.15, 0.2) is 12.7 Å².